The maximum absolute atomic E-state index is 4.38. The Balaban J connectivity index is 1.76. The molecular weight excluding hydrogens is 240 g/mol. The minimum Gasteiger partial charge on any atom is -0.362 e. The summed E-state index contributed by atoms with van der Waals surface area (Å²) in [7, 11) is 0. The first-order chi connectivity index (χ1) is 9.36. The molecule has 0 bridgehead atoms. The van der Waals surface area contributed by atoms with Gasteiger partial charge in [0.1, 0.15) is 6.33 Å². The van der Waals surface area contributed by atoms with Crippen molar-refractivity contribution >= 4 is 5.69 Å². The summed E-state index contributed by atoms with van der Waals surface area (Å²) in [5, 5.41) is 11.4. The van der Waals surface area contributed by atoms with E-state index in [1.807, 2.05) is 6.20 Å². The quantitative estimate of drug-likeness (QED) is 0.879. The SMILES string of the molecule is CCNCc1cc(N2CCn3cnnc3C2)ccn1. The standard InChI is InChI=1S/C13H18N6/c1-2-14-8-11-7-12(3-4-15-11)18-5-6-19-10-16-17-13(19)9-18/h3-4,7,10,14H,2,5-6,8-9H2,1H3. The van der Waals surface area contributed by atoms with Gasteiger partial charge in [-0.25, -0.2) is 0 Å². The first-order valence-corrected chi connectivity index (χ1v) is 6.64. The normalized spacial score (nSPS) is 14.5. The largest absolute Gasteiger partial charge is 0.362 e. The van der Waals surface area contributed by atoms with Gasteiger partial charge in [-0.3, -0.25) is 4.98 Å². The van der Waals surface area contributed by atoms with Crippen molar-refractivity contribution in [3.05, 3.63) is 36.2 Å². The molecule has 1 aliphatic heterocycles. The molecule has 2 aromatic rings. The van der Waals surface area contributed by atoms with E-state index in [1.54, 1.807) is 6.33 Å². The van der Waals surface area contributed by atoms with Crippen LogP contribution in [0.1, 0.15) is 18.4 Å². The summed E-state index contributed by atoms with van der Waals surface area (Å²) in [4.78, 5) is 6.70. The minimum atomic E-state index is 0.810. The topological polar surface area (TPSA) is 58.9 Å². The van der Waals surface area contributed by atoms with Gasteiger partial charge in [0.2, 0.25) is 0 Å². The fraction of sp³-hybridized carbons (Fsp3) is 0.462. The molecule has 0 atom stereocenters. The van der Waals surface area contributed by atoms with E-state index in [0.717, 1.165) is 44.2 Å². The zero-order valence-corrected chi connectivity index (χ0v) is 11.1. The maximum Gasteiger partial charge on any atom is 0.152 e. The van der Waals surface area contributed by atoms with Crippen LogP contribution >= 0.6 is 0 Å². The molecule has 0 saturated heterocycles. The Labute approximate surface area is 112 Å². The van der Waals surface area contributed by atoms with Crippen LogP contribution < -0.4 is 10.2 Å². The molecule has 100 valence electrons. The molecule has 2 aromatic heterocycles. The van der Waals surface area contributed by atoms with Gasteiger partial charge in [-0.1, -0.05) is 6.92 Å². The van der Waals surface area contributed by atoms with Crippen LogP contribution in [0.25, 0.3) is 0 Å². The fourth-order valence-corrected chi connectivity index (χ4v) is 2.30. The average Bonchev–Trinajstić information content (AvgIpc) is 2.92. The van der Waals surface area contributed by atoms with Gasteiger partial charge in [0.05, 0.1) is 12.2 Å². The average molecular weight is 258 g/mol. The van der Waals surface area contributed by atoms with Crippen LogP contribution in [0.15, 0.2) is 24.7 Å². The van der Waals surface area contributed by atoms with Crippen LogP contribution in [0.2, 0.25) is 0 Å². The molecule has 0 radical (unpaired) electrons. The van der Waals surface area contributed by atoms with Gasteiger partial charge in [0.15, 0.2) is 5.82 Å². The molecule has 1 aliphatic rings. The molecule has 0 fully saturated rings. The van der Waals surface area contributed by atoms with Gasteiger partial charge in [-0.2, -0.15) is 0 Å². The van der Waals surface area contributed by atoms with Crippen molar-refractivity contribution in [3.63, 3.8) is 0 Å². The van der Waals surface area contributed by atoms with Crippen LogP contribution in [-0.4, -0.2) is 32.8 Å². The second-order valence-corrected chi connectivity index (χ2v) is 4.65. The van der Waals surface area contributed by atoms with E-state index >= 15 is 0 Å². The third kappa shape index (κ3) is 2.58. The lowest BCUT2D eigenvalue weighted by Gasteiger charge is -2.29. The van der Waals surface area contributed by atoms with Crippen LogP contribution in [0, 0.1) is 0 Å². The van der Waals surface area contributed by atoms with Gasteiger partial charge in [0, 0.05) is 31.5 Å². The van der Waals surface area contributed by atoms with Crippen LogP contribution in [-0.2, 0) is 19.6 Å². The molecule has 1 N–H and O–H groups in total. The van der Waals surface area contributed by atoms with Crippen molar-refractivity contribution in [2.24, 2.45) is 0 Å². The van der Waals surface area contributed by atoms with Crippen molar-refractivity contribution in [3.8, 4) is 0 Å². The summed E-state index contributed by atoms with van der Waals surface area (Å²) < 4.78 is 2.11. The minimum absolute atomic E-state index is 0.810. The Kier molecular flexibility index (Phi) is 3.41. The lowest BCUT2D eigenvalue weighted by atomic mass is 10.2. The molecular formula is C13H18N6. The first-order valence-electron chi connectivity index (χ1n) is 6.64. The first kappa shape index (κ1) is 12.1. The lowest BCUT2D eigenvalue weighted by molar-refractivity contribution is 0.559. The highest BCUT2D eigenvalue weighted by Crippen LogP contribution is 2.19. The third-order valence-corrected chi connectivity index (χ3v) is 3.36. The molecule has 3 rings (SSSR count). The van der Waals surface area contributed by atoms with Gasteiger partial charge in [-0.05, 0) is 18.7 Å². The predicted molar refractivity (Wildman–Crippen MR) is 72.7 cm³/mol. The number of pyridine rings is 1. The summed E-state index contributed by atoms with van der Waals surface area (Å²) in [5.74, 6) is 1.02. The summed E-state index contributed by atoms with van der Waals surface area (Å²) >= 11 is 0. The molecule has 6 nitrogen and oxygen atoms in total. The Morgan fingerprint density at radius 2 is 2.32 bits per heavy atom. The van der Waals surface area contributed by atoms with Crippen molar-refractivity contribution < 1.29 is 0 Å². The number of nitrogens with zero attached hydrogens (tertiary/aromatic N) is 5. The summed E-state index contributed by atoms with van der Waals surface area (Å²) in [5.41, 5.74) is 2.28. The monoisotopic (exact) mass is 258 g/mol. The second kappa shape index (κ2) is 5.36. The molecule has 0 aliphatic carbocycles. The van der Waals surface area contributed by atoms with Gasteiger partial charge in [-0.15, -0.1) is 10.2 Å². The van der Waals surface area contributed by atoms with E-state index in [2.05, 4.69) is 49.0 Å². The summed E-state index contributed by atoms with van der Waals surface area (Å²) in [6.07, 6.45) is 3.68. The molecule has 0 aromatic carbocycles. The molecule has 0 amide bonds. The number of rotatable bonds is 4. The number of hydrogen-bond acceptors (Lipinski definition) is 5. The number of anilines is 1. The number of fused-ring (bicyclic) bond motifs is 1. The van der Waals surface area contributed by atoms with Crippen molar-refractivity contribution in [1.82, 2.24) is 25.1 Å². The molecule has 0 saturated carbocycles. The highest BCUT2D eigenvalue weighted by Gasteiger charge is 2.17. The molecule has 0 unspecified atom stereocenters. The van der Waals surface area contributed by atoms with Gasteiger partial charge >= 0.3 is 0 Å². The van der Waals surface area contributed by atoms with E-state index in [4.69, 9.17) is 0 Å². The Morgan fingerprint density at radius 1 is 1.37 bits per heavy atom. The molecule has 0 spiro atoms. The summed E-state index contributed by atoms with van der Waals surface area (Å²) in [6, 6.07) is 4.20. The highest BCUT2D eigenvalue weighted by atomic mass is 15.3. The number of hydrogen-bond donors (Lipinski definition) is 1. The third-order valence-electron chi connectivity index (χ3n) is 3.36. The lowest BCUT2D eigenvalue weighted by Crippen LogP contribution is -2.33. The number of nitrogens with one attached hydrogen (secondary N) is 1. The zero-order valence-electron chi connectivity index (χ0n) is 11.1. The Bertz CT molecular complexity index is 550. The second-order valence-electron chi connectivity index (χ2n) is 4.65. The molecule has 3 heterocycles. The van der Waals surface area contributed by atoms with Crippen molar-refractivity contribution in [1.29, 1.82) is 0 Å². The van der Waals surface area contributed by atoms with Crippen molar-refractivity contribution in [2.75, 3.05) is 18.0 Å². The Morgan fingerprint density at radius 3 is 3.21 bits per heavy atom. The zero-order chi connectivity index (χ0) is 13.1. The highest BCUT2D eigenvalue weighted by molar-refractivity contribution is 5.47. The van der Waals surface area contributed by atoms with Crippen LogP contribution in [0.5, 0.6) is 0 Å². The van der Waals surface area contributed by atoms with E-state index in [0.29, 0.717) is 0 Å². The predicted octanol–water partition coefficient (Wildman–Crippen LogP) is 0.803. The van der Waals surface area contributed by atoms with E-state index in [-0.39, 0.29) is 0 Å². The van der Waals surface area contributed by atoms with E-state index in [9.17, 15) is 0 Å². The van der Waals surface area contributed by atoms with Crippen molar-refractivity contribution in [2.45, 2.75) is 26.6 Å². The molecule has 6 heteroatoms. The van der Waals surface area contributed by atoms with Crippen LogP contribution in [0.4, 0.5) is 5.69 Å². The fourth-order valence-electron chi connectivity index (χ4n) is 2.30. The maximum atomic E-state index is 4.38. The van der Waals surface area contributed by atoms with Crippen LogP contribution in [0.3, 0.4) is 0 Å². The summed E-state index contributed by atoms with van der Waals surface area (Å²) in [6.45, 7) is 6.60. The molecule has 19 heavy (non-hydrogen) atoms. The Hall–Kier alpha value is -1.95. The number of aromatic nitrogens is 4. The smallest absolute Gasteiger partial charge is 0.152 e. The van der Waals surface area contributed by atoms with E-state index in [1.165, 1.54) is 5.69 Å². The van der Waals surface area contributed by atoms with Gasteiger partial charge in [0.25, 0.3) is 0 Å². The van der Waals surface area contributed by atoms with E-state index < -0.39 is 0 Å². The van der Waals surface area contributed by atoms with Gasteiger partial charge < -0.3 is 14.8 Å².